The smallest absolute Gasteiger partial charge is 0.338 e. The summed E-state index contributed by atoms with van der Waals surface area (Å²) in [6.45, 7) is 18.1. The highest BCUT2D eigenvalue weighted by atomic mass is 28.4. The highest BCUT2D eigenvalue weighted by Crippen LogP contribution is 2.66. The van der Waals surface area contributed by atoms with Crippen LogP contribution in [0.15, 0.2) is 41.5 Å². The van der Waals surface area contributed by atoms with Crippen LogP contribution in [0.2, 0.25) is 19.6 Å². The third-order valence-electron chi connectivity index (χ3n) is 11.4. The lowest BCUT2D eigenvalue weighted by Crippen LogP contribution is -2.81. The van der Waals surface area contributed by atoms with Crippen molar-refractivity contribution in [2.75, 3.05) is 6.61 Å². The molecule has 2 N–H and O–H groups in total. The highest BCUT2D eigenvalue weighted by Gasteiger charge is 2.77. The zero-order chi connectivity index (χ0) is 34.2. The second kappa shape index (κ2) is 11.5. The fourth-order valence-electron chi connectivity index (χ4n) is 9.00. The zero-order valence-corrected chi connectivity index (χ0v) is 29.7. The topological polar surface area (TPSA) is 138 Å². The lowest BCUT2D eigenvalue weighted by Gasteiger charge is -2.69. The first-order valence-corrected chi connectivity index (χ1v) is 19.7. The molecule has 3 fully saturated rings. The summed E-state index contributed by atoms with van der Waals surface area (Å²) in [5, 5.41) is 26.2. The van der Waals surface area contributed by atoms with E-state index in [4.69, 9.17) is 23.4 Å². The molecule has 1 aliphatic heterocycles. The number of aliphatic hydroxyl groups excluding tert-OH is 1. The molecule has 1 heterocycles. The van der Waals surface area contributed by atoms with Crippen molar-refractivity contribution < 1.29 is 48.0 Å². The number of ether oxygens (including phenoxy) is 4. The van der Waals surface area contributed by atoms with Gasteiger partial charge in [0.1, 0.15) is 23.9 Å². The predicted molar refractivity (Wildman–Crippen MR) is 171 cm³/mol. The van der Waals surface area contributed by atoms with Crippen molar-refractivity contribution in [3.05, 3.63) is 47.0 Å². The molecule has 1 aromatic carbocycles. The summed E-state index contributed by atoms with van der Waals surface area (Å²) >= 11 is 0. The molecule has 10 atom stereocenters. The summed E-state index contributed by atoms with van der Waals surface area (Å²) in [7, 11) is -2.24. The molecule has 10 nitrogen and oxygen atoms in total. The summed E-state index contributed by atoms with van der Waals surface area (Å²) in [5.41, 5.74) is -4.03. The minimum atomic E-state index is -2.24. The van der Waals surface area contributed by atoms with E-state index < -0.39 is 84.7 Å². The van der Waals surface area contributed by atoms with Crippen LogP contribution >= 0.6 is 0 Å². The van der Waals surface area contributed by atoms with Crippen LogP contribution in [0.1, 0.15) is 71.7 Å². The Labute approximate surface area is 272 Å². The zero-order valence-electron chi connectivity index (χ0n) is 28.7. The van der Waals surface area contributed by atoms with Gasteiger partial charge in [-0.25, -0.2) is 4.79 Å². The van der Waals surface area contributed by atoms with Crippen LogP contribution in [0.25, 0.3) is 0 Å². The van der Waals surface area contributed by atoms with Gasteiger partial charge in [-0.2, -0.15) is 0 Å². The number of aliphatic hydroxyl groups is 2. The molecule has 3 aliphatic carbocycles. The van der Waals surface area contributed by atoms with E-state index in [-0.39, 0.29) is 24.5 Å². The Bertz CT molecular complexity index is 1420. The number of hydrogen-bond acceptors (Lipinski definition) is 10. The molecule has 0 amide bonds. The SMILES string of the molecule is CC(=O)O[C@@H]1C2=C(C)C(O[Si](C)(C)C)C[C@@](O)(C(OC(=O)c3ccccc3)C3[C@](C)([C@@H]1O)[C@@H](C)C[C@H]1OC[C@@]31OC(C)=O)C2(C)C. The van der Waals surface area contributed by atoms with Crippen molar-refractivity contribution in [1.29, 1.82) is 0 Å². The Balaban J connectivity index is 1.86. The Kier molecular flexibility index (Phi) is 8.72. The van der Waals surface area contributed by atoms with Crippen molar-refractivity contribution in [3.8, 4) is 0 Å². The molecule has 3 unspecified atom stereocenters. The van der Waals surface area contributed by atoms with Crippen LogP contribution in [0, 0.1) is 22.7 Å². The summed E-state index contributed by atoms with van der Waals surface area (Å²) in [5.74, 6) is -3.08. The maximum Gasteiger partial charge on any atom is 0.338 e. The summed E-state index contributed by atoms with van der Waals surface area (Å²) < 4.78 is 31.5. The van der Waals surface area contributed by atoms with Gasteiger partial charge in [-0.3, -0.25) is 9.59 Å². The Hall–Kier alpha value is -2.57. The van der Waals surface area contributed by atoms with E-state index in [1.54, 1.807) is 30.3 Å². The summed E-state index contributed by atoms with van der Waals surface area (Å²) in [6, 6.07) is 8.53. The van der Waals surface area contributed by atoms with Crippen LogP contribution in [0.3, 0.4) is 0 Å². The van der Waals surface area contributed by atoms with E-state index in [0.29, 0.717) is 12.0 Å². The molecule has 254 valence electrons. The monoisotopic (exact) mass is 658 g/mol. The van der Waals surface area contributed by atoms with Crippen molar-refractivity contribution >= 4 is 26.2 Å². The maximum absolute atomic E-state index is 14.0. The van der Waals surface area contributed by atoms with Gasteiger partial charge in [-0.15, -0.1) is 0 Å². The molecule has 2 bridgehead atoms. The first kappa shape index (κ1) is 34.8. The minimum Gasteiger partial charge on any atom is -0.455 e. The number of esters is 3. The van der Waals surface area contributed by atoms with E-state index in [2.05, 4.69) is 0 Å². The number of rotatable bonds is 6. The molecule has 0 aromatic heterocycles. The van der Waals surface area contributed by atoms with Gasteiger partial charge in [0.25, 0.3) is 0 Å². The number of carbonyl (C=O) groups is 3. The highest BCUT2D eigenvalue weighted by molar-refractivity contribution is 6.69. The summed E-state index contributed by atoms with van der Waals surface area (Å²) in [6.07, 6.45) is -4.55. The average molecular weight is 659 g/mol. The number of carbonyl (C=O) groups excluding carboxylic acids is 3. The average Bonchev–Trinajstić information content (AvgIpc) is 2.94. The number of benzene rings is 1. The first-order chi connectivity index (χ1) is 21.2. The molecule has 1 saturated heterocycles. The lowest BCUT2D eigenvalue weighted by molar-refractivity contribution is -0.358. The van der Waals surface area contributed by atoms with Gasteiger partial charge in [0, 0.05) is 31.1 Å². The van der Waals surface area contributed by atoms with Gasteiger partial charge in [0.15, 0.2) is 20.0 Å². The predicted octanol–water partition coefficient (Wildman–Crippen LogP) is 4.58. The van der Waals surface area contributed by atoms with Crippen molar-refractivity contribution in [3.63, 3.8) is 0 Å². The van der Waals surface area contributed by atoms with E-state index in [1.807, 2.05) is 54.3 Å². The second-order valence-electron chi connectivity index (χ2n) is 15.6. The number of hydrogen-bond donors (Lipinski definition) is 2. The second-order valence-corrected chi connectivity index (χ2v) is 20.0. The summed E-state index contributed by atoms with van der Waals surface area (Å²) in [4.78, 5) is 39.6. The van der Waals surface area contributed by atoms with Crippen LogP contribution < -0.4 is 0 Å². The largest absolute Gasteiger partial charge is 0.455 e. The Morgan fingerprint density at radius 1 is 1.00 bits per heavy atom. The molecular formula is C35H50O10Si. The molecule has 2 saturated carbocycles. The Morgan fingerprint density at radius 2 is 1.63 bits per heavy atom. The van der Waals surface area contributed by atoms with Crippen molar-refractivity contribution in [2.45, 2.75) is 123 Å². The molecule has 5 rings (SSSR count). The van der Waals surface area contributed by atoms with Gasteiger partial charge in [-0.1, -0.05) is 45.9 Å². The third-order valence-corrected chi connectivity index (χ3v) is 12.4. The molecule has 1 aromatic rings. The molecular weight excluding hydrogens is 608 g/mol. The quantitative estimate of drug-likeness (QED) is 0.193. The van der Waals surface area contributed by atoms with Gasteiger partial charge in [0.2, 0.25) is 0 Å². The van der Waals surface area contributed by atoms with E-state index in [0.717, 1.165) is 5.57 Å². The van der Waals surface area contributed by atoms with Gasteiger partial charge in [0.05, 0.1) is 24.2 Å². The molecule has 0 spiro atoms. The minimum absolute atomic E-state index is 0.0123. The Morgan fingerprint density at radius 3 is 2.15 bits per heavy atom. The van der Waals surface area contributed by atoms with E-state index in [1.165, 1.54) is 13.8 Å². The standard InChI is InChI=1S/C35H50O10Si/c1-19-16-25-34(18-41-25,44-22(4)37)28-30(43-31(39)23-14-12-11-13-15-23)35(40)17-24(45-46(8,9)10)20(2)26(32(35,5)6)27(42-21(3)36)29(38)33(19,28)7/h11-15,19,24-25,27-30,38,40H,16-18H2,1-10H3/t19-,24?,25+,27+,28?,29+,30?,33+,34-,35+/m0/s1. The van der Waals surface area contributed by atoms with Crippen LogP contribution in [-0.2, 0) is 33.0 Å². The van der Waals surface area contributed by atoms with E-state index in [9.17, 15) is 24.6 Å². The van der Waals surface area contributed by atoms with Gasteiger partial charge < -0.3 is 33.6 Å². The van der Waals surface area contributed by atoms with Gasteiger partial charge in [-0.05, 0) is 62.2 Å². The first-order valence-electron chi connectivity index (χ1n) is 16.2. The fraction of sp³-hybridized carbons (Fsp3) is 0.686. The van der Waals surface area contributed by atoms with Crippen molar-refractivity contribution in [2.24, 2.45) is 22.7 Å². The lowest BCUT2D eigenvalue weighted by atomic mass is 9.43. The molecule has 46 heavy (non-hydrogen) atoms. The fourth-order valence-corrected chi connectivity index (χ4v) is 10.1. The molecule has 0 radical (unpaired) electrons. The van der Waals surface area contributed by atoms with Crippen LogP contribution in [0.5, 0.6) is 0 Å². The van der Waals surface area contributed by atoms with Crippen LogP contribution in [0.4, 0.5) is 0 Å². The third kappa shape index (κ3) is 5.26. The molecule has 11 heteroatoms. The van der Waals surface area contributed by atoms with Crippen molar-refractivity contribution in [1.82, 2.24) is 0 Å². The van der Waals surface area contributed by atoms with Crippen LogP contribution in [-0.4, -0.2) is 84.8 Å². The molecule has 4 aliphatic rings. The number of fused-ring (bicyclic) bond motifs is 5. The van der Waals surface area contributed by atoms with Gasteiger partial charge >= 0.3 is 17.9 Å². The van der Waals surface area contributed by atoms with E-state index >= 15 is 0 Å². The normalized spacial score (nSPS) is 39.9. The maximum atomic E-state index is 14.0.